The van der Waals surface area contributed by atoms with E-state index in [0.29, 0.717) is 13.2 Å². The van der Waals surface area contributed by atoms with Crippen molar-refractivity contribution in [2.24, 2.45) is 0 Å². The molecule has 1 unspecified atom stereocenters. The molecule has 0 aliphatic carbocycles. The Kier molecular flexibility index (Phi) is 4.57. The molecule has 4 heteroatoms. The van der Waals surface area contributed by atoms with Crippen LogP contribution in [0.15, 0.2) is 42.5 Å². The zero-order valence-electron chi connectivity index (χ0n) is 11.5. The average molecular weight is 323 g/mol. The van der Waals surface area contributed by atoms with E-state index in [0.717, 1.165) is 40.5 Å². The van der Waals surface area contributed by atoms with Crippen molar-refractivity contribution in [2.75, 3.05) is 13.2 Å². The van der Waals surface area contributed by atoms with Gasteiger partial charge >= 0.3 is 0 Å². The molecule has 0 N–H and O–H groups in total. The van der Waals surface area contributed by atoms with Gasteiger partial charge in [-0.1, -0.05) is 29.8 Å². The Balaban J connectivity index is 1.78. The number of hydrogen-bond donors (Lipinski definition) is 0. The molecule has 0 radical (unpaired) electrons. The van der Waals surface area contributed by atoms with E-state index in [1.165, 1.54) is 0 Å². The standard InChI is InChI=1S/C17H16Cl2O2/c18-14-4-1-3-12(9-14)10-15(19)13-5-6-16-17(11-13)21-8-2-7-20-16/h1,3-6,9,11,15H,2,7-8,10H2. The molecule has 1 aliphatic heterocycles. The highest BCUT2D eigenvalue weighted by atomic mass is 35.5. The molecule has 1 atom stereocenters. The highest BCUT2D eigenvalue weighted by Gasteiger charge is 2.15. The van der Waals surface area contributed by atoms with E-state index >= 15 is 0 Å². The molecule has 1 heterocycles. The van der Waals surface area contributed by atoms with Gasteiger partial charge in [-0.3, -0.25) is 0 Å². The summed E-state index contributed by atoms with van der Waals surface area (Å²) in [6.07, 6.45) is 1.62. The zero-order valence-corrected chi connectivity index (χ0v) is 13.0. The highest BCUT2D eigenvalue weighted by molar-refractivity contribution is 6.30. The third kappa shape index (κ3) is 3.63. The Hall–Kier alpha value is -1.38. The lowest BCUT2D eigenvalue weighted by Crippen LogP contribution is -1.98. The van der Waals surface area contributed by atoms with Crippen molar-refractivity contribution in [3.8, 4) is 11.5 Å². The maximum atomic E-state index is 6.54. The monoisotopic (exact) mass is 322 g/mol. The van der Waals surface area contributed by atoms with E-state index in [-0.39, 0.29) is 5.38 Å². The maximum absolute atomic E-state index is 6.54. The zero-order chi connectivity index (χ0) is 14.7. The second-order valence-corrected chi connectivity index (χ2v) is 6.02. The van der Waals surface area contributed by atoms with Crippen molar-refractivity contribution in [1.82, 2.24) is 0 Å². The molecular formula is C17H16Cl2O2. The smallest absolute Gasteiger partial charge is 0.161 e. The third-order valence-corrected chi connectivity index (χ3v) is 4.08. The second-order valence-electron chi connectivity index (χ2n) is 5.06. The minimum Gasteiger partial charge on any atom is -0.490 e. The van der Waals surface area contributed by atoms with E-state index in [2.05, 4.69) is 0 Å². The molecule has 2 nitrogen and oxygen atoms in total. The van der Waals surface area contributed by atoms with E-state index in [1.807, 2.05) is 42.5 Å². The van der Waals surface area contributed by atoms with Crippen LogP contribution in [0.25, 0.3) is 0 Å². The van der Waals surface area contributed by atoms with Crippen LogP contribution in [0.5, 0.6) is 11.5 Å². The summed E-state index contributed by atoms with van der Waals surface area (Å²) in [5, 5.41) is 0.607. The first-order valence-corrected chi connectivity index (χ1v) is 7.82. The molecule has 0 amide bonds. The van der Waals surface area contributed by atoms with Crippen LogP contribution in [0.4, 0.5) is 0 Å². The topological polar surface area (TPSA) is 18.5 Å². The molecular weight excluding hydrogens is 307 g/mol. The fourth-order valence-corrected chi connectivity index (χ4v) is 2.89. The fourth-order valence-electron chi connectivity index (χ4n) is 2.36. The molecule has 2 aromatic carbocycles. The molecule has 21 heavy (non-hydrogen) atoms. The predicted octanol–water partition coefficient (Wildman–Crippen LogP) is 5.02. The molecule has 0 spiro atoms. The van der Waals surface area contributed by atoms with Crippen LogP contribution in [0.1, 0.15) is 22.9 Å². The van der Waals surface area contributed by atoms with E-state index < -0.39 is 0 Å². The summed E-state index contributed by atoms with van der Waals surface area (Å²) >= 11 is 12.5. The van der Waals surface area contributed by atoms with Gasteiger partial charge in [0, 0.05) is 11.4 Å². The normalized spacial score (nSPS) is 15.3. The Labute approximate surface area is 134 Å². The van der Waals surface area contributed by atoms with Crippen molar-refractivity contribution in [1.29, 1.82) is 0 Å². The van der Waals surface area contributed by atoms with Crippen LogP contribution >= 0.6 is 23.2 Å². The molecule has 0 aromatic heterocycles. The fraction of sp³-hybridized carbons (Fsp3) is 0.294. The van der Waals surface area contributed by atoms with Gasteiger partial charge in [0.1, 0.15) is 0 Å². The number of ether oxygens (including phenoxy) is 2. The van der Waals surface area contributed by atoms with Crippen LogP contribution in [-0.4, -0.2) is 13.2 Å². The van der Waals surface area contributed by atoms with Crippen LogP contribution in [0.3, 0.4) is 0 Å². The Morgan fingerprint density at radius 1 is 1.00 bits per heavy atom. The lowest BCUT2D eigenvalue weighted by Gasteiger charge is -2.13. The second kappa shape index (κ2) is 6.59. The number of alkyl halides is 1. The third-order valence-electron chi connectivity index (χ3n) is 3.44. The van der Waals surface area contributed by atoms with Crippen molar-refractivity contribution >= 4 is 23.2 Å². The van der Waals surface area contributed by atoms with Gasteiger partial charge in [-0.05, 0) is 41.8 Å². The summed E-state index contributed by atoms with van der Waals surface area (Å²) in [6.45, 7) is 1.37. The first-order chi connectivity index (χ1) is 10.2. The lowest BCUT2D eigenvalue weighted by molar-refractivity contribution is 0.297. The summed E-state index contributed by atoms with van der Waals surface area (Å²) in [6, 6.07) is 13.7. The van der Waals surface area contributed by atoms with E-state index in [9.17, 15) is 0 Å². The van der Waals surface area contributed by atoms with Gasteiger partial charge in [0.25, 0.3) is 0 Å². The summed E-state index contributed by atoms with van der Waals surface area (Å²) in [5.41, 5.74) is 2.15. The number of hydrogen-bond acceptors (Lipinski definition) is 2. The van der Waals surface area contributed by atoms with Gasteiger partial charge < -0.3 is 9.47 Å². The van der Waals surface area contributed by atoms with Crippen molar-refractivity contribution in [3.05, 3.63) is 58.6 Å². The van der Waals surface area contributed by atoms with Crippen LogP contribution < -0.4 is 9.47 Å². The van der Waals surface area contributed by atoms with Crippen LogP contribution in [0.2, 0.25) is 5.02 Å². The summed E-state index contributed by atoms with van der Waals surface area (Å²) in [7, 11) is 0. The summed E-state index contributed by atoms with van der Waals surface area (Å²) in [4.78, 5) is 0. The molecule has 1 aliphatic rings. The number of benzene rings is 2. The number of rotatable bonds is 3. The molecule has 2 aromatic rings. The minimum absolute atomic E-state index is 0.124. The van der Waals surface area contributed by atoms with Gasteiger partial charge in [0.05, 0.1) is 18.6 Å². The summed E-state index contributed by atoms with van der Waals surface area (Å²) in [5.74, 6) is 1.57. The molecule has 0 saturated carbocycles. The van der Waals surface area contributed by atoms with Crippen molar-refractivity contribution in [2.45, 2.75) is 18.2 Å². The first-order valence-electron chi connectivity index (χ1n) is 7.00. The largest absolute Gasteiger partial charge is 0.490 e. The van der Waals surface area contributed by atoms with Crippen molar-refractivity contribution in [3.63, 3.8) is 0 Å². The van der Waals surface area contributed by atoms with E-state index in [1.54, 1.807) is 0 Å². The Morgan fingerprint density at radius 3 is 2.62 bits per heavy atom. The Bertz CT molecular complexity index is 628. The molecule has 0 saturated heterocycles. The molecule has 3 rings (SSSR count). The minimum atomic E-state index is -0.124. The predicted molar refractivity (Wildman–Crippen MR) is 85.8 cm³/mol. The van der Waals surface area contributed by atoms with Crippen molar-refractivity contribution < 1.29 is 9.47 Å². The quantitative estimate of drug-likeness (QED) is 0.738. The van der Waals surface area contributed by atoms with Gasteiger partial charge in [-0.15, -0.1) is 11.6 Å². The first kappa shape index (κ1) is 14.6. The number of halogens is 2. The average Bonchev–Trinajstić information content (AvgIpc) is 2.71. The Morgan fingerprint density at radius 2 is 1.81 bits per heavy atom. The SMILES string of the molecule is Clc1cccc(CC(Cl)c2ccc3c(c2)OCCCO3)c1. The highest BCUT2D eigenvalue weighted by Crippen LogP contribution is 2.35. The van der Waals surface area contributed by atoms with Crippen LogP contribution in [0, 0.1) is 0 Å². The van der Waals surface area contributed by atoms with Crippen LogP contribution in [-0.2, 0) is 6.42 Å². The summed E-state index contributed by atoms with van der Waals surface area (Å²) < 4.78 is 11.3. The molecule has 0 bridgehead atoms. The lowest BCUT2D eigenvalue weighted by atomic mass is 10.0. The van der Waals surface area contributed by atoms with Gasteiger partial charge in [0.2, 0.25) is 0 Å². The van der Waals surface area contributed by atoms with Gasteiger partial charge in [-0.2, -0.15) is 0 Å². The maximum Gasteiger partial charge on any atom is 0.161 e. The van der Waals surface area contributed by atoms with E-state index in [4.69, 9.17) is 32.7 Å². The van der Waals surface area contributed by atoms with Gasteiger partial charge in [-0.25, -0.2) is 0 Å². The molecule has 110 valence electrons. The van der Waals surface area contributed by atoms with Gasteiger partial charge in [0.15, 0.2) is 11.5 Å². The molecule has 0 fully saturated rings. The number of fused-ring (bicyclic) bond motifs is 1.